The Bertz CT molecular complexity index is 711. The molecule has 0 bridgehead atoms. The minimum Gasteiger partial charge on any atom is -0.495 e. The molecule has 0 saturated carbocycles. The van der Waals surface area contributed by atoms with Gasteiger partial charge in [-0.15, -0.1) is 0 Å². The Balaban J connectivity index is 1.70. The summed E-state index contributed by atoms with van der Waals surface area (Å²) < 4.78 is 5.28. The first-order valence-electron chi connectivity index (χ1n) is 7.84. The van der Waals surface area contributed by atoms with Gasteiger partial charge in [-0.25, -0.2) is 9.97 Å². The van der Waals surface area contributed by atoms with E-state index in [4.69, 9.17) is 16.3 Å². The first-order chi connectivity index (χ1) is 11.7. The van der Waals surface area contributed by atoms with Crippen LogP contribution in [0, 0.1) is 5.92 Å². The number of anilines is 2. The van der Waals surface area contributed by atoms with Crippen LogP contribution < -0.4 is 15.0 Å². The molecule has 1 aromatic heterocycles. The van der Waals surface area contributed by atoms with Crippen molar-refractivity contribution in [3.63, 3.8) is 0 Å². The molecular weight excluding hydrogens is 328 g/mol. The second-order valence-electron chi connectivity index (χ2n) is 5.67. The fourth-order valence-corrected chi connectivity index (χ4v) is 3.01. The summed E-state index contributed by atoms with van der Waals surface area (Å²) in [6.07, 6.45) is 5.17. The van der Waals surface area contributed by atoms with E-state index in [-0.39, 0.29) is 11.8 Å². The summed E-state index contributed by atoms with van der Waals surface area (Å²) in [6.45, 7) is 1.45. The van der Waals surface area contributed by atoms with Crippen LogP contribution in [0.3, 0.4) is 0 Å². The van der Waals surface area contributed by atoms with Crippen molar-refractivity contribution in [2.45, 2.75) is 12.8 Å². The van der Waals surface area contributed by atoms with Gasteiger partial charge in [0.2, 0.25) is 11.9 Å². The molecule has 6 nitrogen and oxygen atoms in total. The Morgan fingerprint density at radius 2 is 2.17 bits per heavy atom. The normalized spacial score (nSPS) is 17.4. The maximum atomic E-state index is 12.6. The van der Waals surface area contributed by atoms with E-state index in [0.717, 1.165) is 19.4 Å². The monoisotopic (exact) mass is 346 g/mol. The predicted molar refractivity (Wildman–Crippen MR) is 93.6 cm³/mol. The summed E-state index contributed by atoms with van der Waals surface area (Å²) in [6, 6.07) is 6.94. The van der Waals surface area contributed by atoms with Crippen LogP contribution in [0.1, 0.15) is 12.8 Å². The van der Waals surface area contributed by atoms with Gasteiger partial charge in [-0.05, 0) is 37.1 Å². The van der Waals surface area contributed by atoms with Gasteiger partial charge >= 0.3 is 0 Å². The third-order valence-corrected chi connectivity index (χ3v) is 4.28. The molecule has 1 fully saturated rings. The lowest BCUT2D eigenvalue weighted by Crippen LogP contribution is -2.41. The molecule has 24 heavy (non-hydrogen) atoms. The van der Waals surface area contributed by atoms with E-state index in [0.29, 0.717) is 29.0 Å². The molecule has 1 N–H and O–H groups in total. The Kier molecular flexibility index (Phi) is 5.15. The molecule has 2 heterocycles. The van der Waals surface area contributed by atoms with Gasteiger partial charge in [-0.3, -0.25) is 4.79 Å². The van der Waals surface area contributed by atoms with Gasteiger partial charge in [-0.1, -0.05) is 11.6 Å². The topological polar surface area (TPSA) is 67.3 Å². The number of aromatic nitrogens is 2. The number of piperidine rings is 1. The highest BCUT2D eigenvalue weighted by Gasteiger charge is 2.27. The van der Waals surface area contributed by atoms with Crippen molar-refractivity contribution in [3.05, 3.63) is 41.7 Å². The fraction of sp³-hybridized carbons (Fsp3) is 0.353. The van der Waals surface area contributed by atoms with Crippen LogP contribution in [0.5, 0.6) is 5.75 Å². The number of hydrogen-bond donors (Lipinski definition) is 1. The molecule has 0 radical (unpaired) electrons. The second-order valence-corrected chi connectivity index (χ2v) is 6.10. The van der Waals surface area contributed by atoms with Gasteiger partial charge in [0.25, 0.3) is 0 Å². The lowest BCUT2D eigenvalue weighted by molar-refractivity contribution is -0.120. The van der Waals surface area contributed by atoms with Crippen LogP contribution in [-0.2, 0) is 4.79 Å². The molecule has 1 aromatic carbocycles. The molecule has 126 valence electrons. The molecule has 2 aromatic rings. The molecule has 1 aliphatic rings. The van der Waals surface area contributed by atoms with Gasteiger partial charge in [0.05, 0.1) is 18.7 Å². The molecule has 0 spiro atoms. The van der Waals surface area contributed by atoms with E-state index < -0.39 is 0 Å². The Labute approximate surface area is 145 Å². The van der Waals surface area contributed by atoms with Crippen LogP contribution in [0.4, 0.5) is 11.6 Å². The molecule has 7 heteroatoms. The average Bonchev–Trinajstić information content (AvgIpc) is 2.63. The van der Waals surface area contributed by atoms with Crippen LogP contribution in [0.2, 0.25) is 5.02 Å². The quantitative estimate of drug-likeness (QED) is 0.921. The van der Waals surface area contributed by atoms with Crippen LogP contribution >= 0.6 is 11.6 Å². The van der Waals surface area contributed by atoms with Gasteiger partial charge in [0.15, 0.2) is 0 Å². The number of carbonyl (C=O) groups excluding carboxylic acids is 1. The van der Waals surface area contributed by atoms with Gasteiger partial charge in [0, 0.05) is 30.5 Å². The molecular formula is C17H19ClN4O2. The third kappa shape index (κ3) is 3.76. The van der Waals surface area contributed by atoms with E-state index in [1.807, 2.05) is 4.90 Å². The number of halogens is 1. The largest absolute Gasteiger partial charge is 0.495 e. The van der Waals surface area contributed by atoms with Crippen molar-refractivity contribution < 1.29 is 9.53 Å². The predicted octanol–water partition coefficient (Wildman–Crippen LogP) is 2.99. The van der Waals surface area contributed by atoms with E-state index in [1.54, 1.807) is 43.8 Å². The maximum Gasteiger partial charge on any atom is 0.229 e. The van der Waals surface area contributed by atoms with Crippen molar-refractivity contribution in [2.24, 2.45) is 5.92 Å². The highest BCUT2D eigenvalue weighted by molar-refractivity contribution is 6.31. The number of hydrogen-bond acceptors (Lipinski definition) is 5. The smallest absolute Gasteiger partial charge is 0.229 e. The number of ether oxygens (including phenoxy) is 1. The lowest BCUT2D eigenvalue weighted by atomic mass is 9.97. The van der Waals surface area contributed by atoms with E-state index in [1.165, 1.54) is 0 Å². The van der Waals surface area contributed by atoms with Gasteiger partial charge in [-0.2, -0.15) is 0 Å². The van der Waals surface area contributed by atoms with E-state index >= 15 is 0 Å². The van der Waals surface area contributed by atoms with Crippen LogP contribution in [0.15, 0.2) is 36.7 Å². The van der Waals surface area contributed by atoms with Crippen molar-refractivity contribution in [3.8, 4) is 5.75 Å². The number of rotatable bonds is 4. The summed E-state index contributed by atoms with van der Waals surface area (Å²) in [5, 5.41) is 3.48. The Morgan fingerprint density at radius 3 is 2.92 bits per heavy atom. The molecule has 1 aliphatic heterocycles. The lowest BCUT2D eigenvalue weighted by Gasteiger charge is -2.32. The SMILES string of the molecule is COc1ccc(Cl)cc1NC(=O)C1CCCN(c2ncccn2)C1. The summed E-state index contributed by atoms with van der Waals surface area (Å²) in [4.78, 5) is 23.2. The average molecular weight is 347 g/mol. The summed E-state index contributed by atoms with van der Waals surface area (Å²) in [5.74, 6) is 1.07. The fourth-order valence-electron chi connectivity index (χ4n) is 2.84. The molecule has 1 atom stereocenters. The first-order valence-corrected chi connectivity index (χ1v) is 8.21. The Morgan fingerprint density at radius 1 is 1.38 bits per heavy atom. The Hall–Kier alpha value is -2.34. The highest BCUT2D eigenvalue weighted by Crippen LogP contribution is 2.29. The zero-order valence-electron chi connectivity index (χ0n) is 13.4. The number of amides is 1. The van der Waals surface area contributed by atoms with Gasteiger partial charge < -0.3 is 15.0 Å². The molecule has 1 amide bonds. The molecule has 0 aliphatic carbocycles. The van der Waals surface area contributed by atoms with Crippen molar-refractivity contribution >= 4 is 29.1 Å². The second kappa shape index (κ2) is 7.49. The molecule has 1 saturated heterocycles. The molecule has 3 rings (SSSR count). The van der Waals surface area contributed by atoms with E-state index in [9.17, 15) is 4.79 Å². The van der Waals surface area contributed by atoms with E-state index in [2.05, 4.69) is 15.3 Å². The van der Waals surface area contributed by atoms with Crippen LogP contribution in [-0.4, -0.2) is 36.1 Å². The maximum absolute atomic E-state index is 12.6. The summed E-state index contributed by atoms with van der Waals surface area (Å²) in [5.41, 5.74) is 0.586. The minimum absolute atomic E-state index is 0.0452. The van der Waals surface area contributed by atoms with Crippen molar-refractivity contribution in [1.82, 2.24) is 9.97 Å². The summed E-state index contributed by atoms with van der Waals surface area (Å²) in [7, 11) is 1.56. The standard InChI is InChI=1S/C17H19ClN4O2/c1-24-15-6-5-13(18)10-14(15)21-16(23)12-4-2-9-22(11-12)17-19-7-3-8-20-17/h3,5-8,10,12H,2,4,9,11H2,1H3,(H,21,23). The number of nitrogens with zero attached hydrogens (tertiary/aromatic N) is 3. The highest BCUT2D eigenvalue weighted by atomic mass is 35.5. The molecule has 1 unspecified atom stereocenters. The number of carbonyl (C=O) groups is 1. The zero-order chi connectivity index (χ0) is 16.9. The number of nitrogens with one attached hydrogen (secondary N) is 1. The third-order valence-electron chi connectivity index (χ3n) is 4.05. The number of benzene rings is 1. The first kappa shape index (κ1) is 16.5. The zero-order valence-corrected chi connectivity index (χ0v) is 14.2. The van der Waals surface area contributed by atoms with Crippen molar-refractivity contribution in [2.75, 3.05) is 30.4 Å². The minimum atomic E-state index is -0.133. The number of methoxy groups -OCH3 is 1. The van der Waals surface area contributed by atoms with Gasteiger partial charge in [0.1, 0.15) is 5.75 Å². The van der Waals surface area contributed by atoms with Crippen LogP contribution in [0.25, 0.3) is 0 Å². The summed E-state index contributed by atoms with van der Waals surface area (Å²) >= 11 is 6.01. The van der Waals surface area contributed by atoms with Crippen molar-refractivity contribution in [1.29, 1.82) is 0 Å².